The number of carbonyl (C=O) groups is 4. The first kappa shape index (κ1) is 53.0. The molecule has 0 unspecified atom stereocenters. The maximum Gasteiger partial charge on any atom is 0.414 e. The van der Waals surface area contributed by atoms with Crippen LogP contribution in [0.5, 0.6) is 0 Å². The molecule has 364 valence electrons. The summed E-state index contributed by atoms with van der Waals surface area (Å²) in [6, 6.07) is 22.2. The quantitative estimate of drug-likeness (QED) is 0.0521. The number of aliphatic imine (C=N–C) groups is 1. The first-order chi connectivity index (χ1) is 32.4. The fraction of sp³-hybridized carbons (Fsp3) is 0.457. The van der Waals surface area contributed by atoms with E-state index in [0.717, 1.165) is 74.0 Å². The predicted octanol–water partition coefficient (Wildman–Crippen LogP) is 8.34. The zero-order valence-corrected chi connectivity index (χ0v) is 41.7. The monoisotopic (exact) mass is 1000 g/mol. The summed E-state index contributed by atoms with van der Waals surface area (Å²) in [6.07, 6.45) is 2.02. The van der Waals surface area contributed by atoms with Crippen LogP contribution >= 0.6 is 45.9 Å². The number of methoxy groups -OCH3 is 3. The smallest absolute Gasteiger partial charge is 0.414 e. The molecular formula is C46H60Cl2N8O9S2. The molecule has 0 radical (unpaired) electrons. The van der Waals surface area contributed by atoms with Gasteiger partial charge >= 0.3 is 12.2 Å². The van der Waals surface area contributed by atoms with Crippen LogP contribution in [0.25, 0.3) is 0 Å². The summed E-state index contributed by atoms with van der Waals surface area (Å²) in [5.74, 6) is -0.182. The molecule has 3 aliphatic rings. The van der Waals surface area contributed by atoms with Gasteiger partial charge in [-0.3, -0.25) is 24.4 Å². The van der Waals surface area contributed by atoms with Gasteiger partial charge < -0.3 is 49.9 Å². The number of rotatable bonds is 19. The number of ether oxygens (including phenoxy) is 5. The second-order valence-corrected chi connectivity index (χ2v) is 18.5. The standard InChI is InChI=1S/C21H23ClN4O3S.C19H23ClN4O3S.C6H14O3/c1-2-19-23-10-3-11-25(19)14-4-6-15(7-5-14)26-13-16(29-21(26)28)12-24-20(27)17-8-9-18(22)30-17;1-21-9-2-10-22-13-3-5-14(6-4-13)24-12-15(27-19(24)26)11-23-18(25)16-7-8-17(20)28-16;1-5-6(7-2,8-3)9-4/h4-9,16H,2-3,10-13H2,1H3,(H,24,27);3-8,15,21-22H,2,9-12H2,1H3,(H,23,25);5H2,1-4H3/t16-;15-;/m00./s1. The molecule has 4 amide bonds. The van der Waals surface area contributed by atoms with E-state index in [1.54, 1.807) is 55.4 Å². The Morgan fingerprint density at radius 3 is 1.61 bits per heavy atom. The van der Waals surface area contributed by atoms with Gasteiger partial charge in [-0.1, -0.05) is 37.0 Å². The Bertz CT molecular complexity index is 2220. The molecule has 2 aromatic heterocycles. The summed E-state index contributed by atoms with van der Waals surface area (Å²) < 4.78 is 26.7. The Kier molecular flexibility index (Phi) is 21.0. The number of nitrogens with zero attached hydrogens (tertiary/aromatic N) is 4. The van der Waals surface area contributed by atoms with E-state index in [9.17, 15) is 19.2 Å². The fourth-order valence-electron chi connectivity index (χ4n) is 7.12. The average Bonchev–Trinajstić information content (AvgIpc) is 4.17. The number of amidine groups is 1. The maximum absolute atomic E-state index is 12.3. The van der Waals surface area contributed by atoms with Gasteiger partial charge in [-0.05, 0) is 99.2 Å². The Labute approximate surface area is 410 Å². The second-order valence-electron chi connectivity index (χ2n) is 15.1. The maximum atomic E-state index is 12.3. The van der Waals surface area contributed by atoms with Crippen LogP contribution in [0.3, 0.4) is 0 Å². The molecule has 2 aromatic carbocycles. The van der Waals surface area contributed by atoms with Gasteiger partial charge in [0, 0.05) is 76.6 Å². The first-order valence-electron chi connectivity index (χ1n) is 21.9. The molecule has 17 nitrogen and oxygen atoms in total. The van der Waals surface area contributed by atoms with E-state index in [1.807, 2.05) is 62.5 Å². The van der Waals surface area contributed by atoms with E-state index >= 15 is 0 Å². The highest BCUT2D eigenvalue weighted by atomic mass is 35.5. The Morgan fingerprint density at radius 1 is 0.731 bits per heavy atom. The topological polar surface area (TPSA) is 185 Å². The van der Waals surface area contributed by atoms with Crippen LogP contribution in [0.1, 0.15) is 58.9 Å². The Morgan fingerprint density at radius 2 is 1.21 bits per heavy atom. The van der Waals surface area contributed by atoms with Crippen LogP contribution in [-0.2, 0) is 23.7 Å². The first-order valence-corrected chi connectivity index (χ1v) is 24.3. The SMILES string of the molecule is CCC(OC)(OC)OC.CCC1=NCCCN1c1ccc(N2C[C@H](CNC(=O)c3ccc(Cl)s3)OC2=O)cc1.CNCCCNc1ccc(N2C[C@H](CNC(=O)c3ccc(Cl)s3)OC2=O)cc1. The van der Waals surface area contributed by atoms with Crippen molar-refractivity contribution in [1.29, 1.82) is 0 Å². The van der Waals surface area contributed by atoms with Crippen molar-refractivity contribution >= 4 is 98.5 Å². The third-order valence-corrected chi connectivity index (χ3v) is 13.2. The molecule has 0 aliphatic carbocycles. The van der Waals surface area contributed by atoms with Crippen LogP contribution in [0.2, 0.25) is 8.67 Å². The molecular weight excluding hydrogens is 944 g/mol. The number of nitrogens with one attached hydrogen (secondary N) is 4. The summed E-state index contributed by atoms with van der Waals surface area (Å²) in [7, 11) is 6.59. The number of hydrogen-bond donors (Lipinski definition) is 4. The number of amides is 4. The van der Waals surface area contributed by atoms with E-state index in [1.165, 1.54) is 22.7 Å². The van der Waals surface area contributed by atoms with Gasteiger partial charge in [0.15, 0.2) is 0 Å². The second kappa shape index (κ2) is 26.5. The van der Waals surface area contributed by atoms with Crippen molar-refractivity contribution in [2.45, 2.75) is 57.7 Å². The number of thiophene rings is 2. The largest absolute Gasteiger partial charge is 0.442 e. The van der Waals surface area contributed by atoms with Crippen molar-refractivity contribution in [3.63, 3.8) is 0 Å². The zero-order chi connectivity index (χ0) is 48.3. The van der Waals surface area contributed by atoms with Crippen molar-refractivity contribution in [3.8, 4) is 0 Å². The minimum absolute atomic E-state index is 0.222. The van der Waals surface area contributed by atoms with Crippen molar-refractivity contribution in [1.82, 2.24) is 16.0 Å². The van der Waals surface area contributed by atoms with Gasteiger partial charge in [0.25, 0.3) is 17.8 Å². The van der Waals surface area contributed by atoms with Crippen molar-refractivity contribution in [2.75, 3.05) is 101 Å². The summed E-state index contributed by atoms with van der Waals surface area (Å²) in [5, 5.41) is 12.0. The van der Waals surface area contributed by atoms with E-state index < -0.39 is 30.4 Å². The van der Waals surface area contributed by atoms with Gasteiger partial charge in [-0.15, -0.1) is 22.7 Å². The lowest BCUT2D eigenvalue weighted by Gasteiger charge is -2.29. The molecule has 2 fully saturated rings. The molecule has 21 heteroatoms. The van der Waals surface area contributed by atoms with Gasteiger partial charge in [0.05, 0.1) is 44.6 Å². The Balaban J connectivity index is 0.000000213. The van der Waals surface area contributed by atoms with E-state index in [-0.39, 0.29) is 24.9 Å². The van der Waals surface area contributed by atoms with Crippen LogP contribution in [-0.4, -0.2) is 129 Å². The molecule has 5 heterocycles. The lowest BCUT2D eigenvalue weighted by Crippen LogP contribution is -2.35. The van der Waals surface area contributed by atoms with E-state index in [4.69, 9.17) is 46.9 Å². The van der Waals surface area contributed by atoms with Gasteiger partial charge in [-0.2, -0.15) is 0 Å². The van der Waals surface area contributed by atoms with Crippen LogP contribution in [0, 0.1) is 0 Å². The number of halogens is 2. The van der Waals surface area contributed by atoms with E-state index in [0.29, 0.717) is 37.9 Å². The molecule has 4 aromatic rings. The number of benzene rings is 2. The highest BCUT2D eigenvalue weighted by molar-refractivity contribution is 7.18. The normalized spacial score (nSPS) is 16.8. The number of hydrogen-bond acceptors (Lipinski definition) is 15. The summed E-state index contributed by atoms with van der Waals surface area (Å²) in [6.45, 7) is 8.98. The van der Waals surface area contributed by atoms with Crippen LogP contribution < -0.4 is 36.0 Å². The van der Waals surface area contributed by atoms with Gasteiger partial charge in [0.1, 0.15) is 18.0 Å². The molecule has 4 N–H and O–H groups in total. The van der Waals surface area contributed by atoms with Crippen molar-refractivity contribution in [3.05, 3.63) is 91.2 Å². The molecule has 0 bridgehead atoms. The molecule has 2 atom stereocenters. The molecule has 7 rings (SSSR count). The lowest BCUT2D eigenvalue weighted by molar-refractivity contribution is -0.352. The predicted molar refractivity (Wildman–Crippen MR) is 267 cm³/mol. The van der Waals surface area contributed by atoms with Crippen LogP contribution in [0.4, 0.5) is 32.3 Å². The number of cyclic esters (lactones) is 2. The summed E-state index contributed by atoms with van der Waals surface area (Å²) in [4.78, 5) is 59.8. The zero-order valence-electron chi connectivity index (χ0n) is 38.6. The summed E-state index contributed by atoms with van der Waals surface area (Å²) in [5.41, 5.74) is 3.62. The average molecular weight is 1000 g/mol. The minimum atomic E-state index is -0.833. The molecule has 2 saturated heterocycles. The Hall–Kier alpha value is -4.99. The van der Waals surface area contributed by atoms with Crippen LogP contribution in [0.15, 0.2) is 77.8 Å². The number of carbonyl (C=O) groups excluding carboxylic acids is 4. The molecule has 3 aliphatic heterocycles. The highest BCUT2D eigenvalue weighted by Crippen LogP contribution is 2.28. The summed E-state index contributed by atoms with van der Waals surface area (Å²) >= 11 is 14.1. The van der Waals surface area contributed by atoms with Gasteiger partial charge in [0.2, 0.25) is 0 Å². The number of anilines is 4. The van der Waals surface area contributed by atoms with Crippen molar-refractivity contribution < 1.29 is 42.9 Å². The fourth-order valence-corrected chi connectivity index (χ4v) is 9.04. The third kappa shape index (κ3) is 15.3. The van der Waals surface area contributed by atoms with Gasteiger partial charge in [-0.25, -0.2) is 9.59 Å². The molecule has 0 saturated carbocycles. The van der Waals surface area contributed by atoms with E-state index in [2.05, 4.69) is 38.1 Å². The van der Waals surface area contributed by atoms with Crippen molar-refractivity contribution in [2.24, 2.45) is 4.99 Å². The minimum Gasteiger partial charge on any atom is -0.442 e. The molecule has 0 spiro atoms. The highest BCUT2D eigenvalue weighted by Gasteiger charge is 2.34. The lowest BCUT2D eigenvalue weighted by atomic mass is 10.2. The third-order valence-electron chi connectivity index (χ3n) is 10.7. The molecule has 67 heavy (non-hydrogen) atoms.